The predicted octanol–water partition coefficient (Wildman–Crippen LogP) is 2.71. The van der Waals surface area contributed by atoms with E-state index in [1.807, 2.05) is 50.2 Å². The van der Waals surface area contributed by atoms with Crippen molar-refractivity contribution in [3.63, 3.8) is 0 Å². The molecule has 18 heavy (non-hydrogen) atoms. The highest BCUT2D eigenvalue weighted by molar-refractivity contribution is 5.53. The summed E-state index contributed by atoms with van der Waals surface area (Å²) in [5.41, 5.74) is 2.62. The molecule has 0 amide bonds. The standard InChI is InChI=1S/C15H18N2O/c1-12-6-3-4-8-14(12)17-15(2,11-18)13-7-5-9-16-10-13/h3-10,17-18H,11H2,1-2H3. The SMILES string of the molecule is Cc1ccccc1NC(C)(CO)c1cccnc1. The van der Waals surface area contributed by atoms with Gasteiger partial charge in [0.1, 0.15) is 0 Å². The first-order valence-corrected chi connectivity index (χ1v) is 6.01. The molecule has 2 rings (SSSR count). The van der Waals surface area contributed by atoms with Gasteiger partial charge in [-0.05, 0) is 37.1 Å². The third-order valence-corrected chi connectivity index (χ3v) is 3.17. The largest absolute Gasteiger partial charge is 0.394 e. The van der Waals surface area contributed by atoms with E-state index in [-0.39, 0.29) is 6.61 Å². The van der Waals surface area contributed by atoms with Crippen LogP contribution >= 0.6 is 0 Å². The number of rotatable bonds is 4. The molecule has 1 aromatic carbocycles. The molecule has 2 aromatic rings. The van der Waals surface area contributed by atoms with Crippen molar-refractivity contribution in [1.82, 2.24) is 4.98 Å². The zero-order valence-corrected chi connectivity index (χ0v) is 10.7. The van der Waals surface area contributed by atoms with Gasteiger partial charge in [-0.3, -0.25) is 4.98 Å². The molecule has 0 radical (unpaired) electrons. The Hall–Kier alpha value is -1.87. The maximum Gasteiger partial charge on any atom is 0.0843 e. The smallest absolute Gasteiger partial charge is 0.0843 e. The highest BCUT2D eigenvalue weighted by atomic mass is 16.3. The monoisotopic (exact) mass is 242 g/mol. The summed E-state index contributed by atoms with van der Waals surface area (Å²) in [7, 11) is 0. The molecule has 0 spiro atoms. The van der Waals surface area contributed by atoms with Crippen LogP contribution in [-0.4, -0.2) is 16.7 Å². The first-order chi connectivity index (χ1) is 8.65. The minimum Gasteiger partial charge on any atom is -0.394 e. The molecule has 1 heterocycles. The van der Waals surface area contributed by atoms with Crippen LogP contribution in [0.5, 0.6) is 0 Å². The van der Waals surface area contributed by atoms with Crippen LogP contribution in [0.1, 0.15) is 18.1 Å². The average molecular weight is 242 g/mol. The summed E-state index contributed by atoms with van der Waals surface area (Å²) >= 11 is 0. The molecule has 94 valence electrons. The number of aromatic nitrogens is 1. The van der Waals surface area contributed by atoms with E-state index in [9.17, 15) is 5.11 Å². The molecule has 0 bridgehead atoms. The van der Waals surface area contributed by atoms with Gasteiger partial charge in [0.15, 0.2) is 0 Å². The maximum atomic E-state index is 9.70. The Kier molecular flexibility index (Phi) is 3.63. The first kappa shape index (κ1) is 12.6. The molecule has 1 atom stereocenters. The number of anilines is 1. The van der Waals surface area contributed by atoms with Gasteiger partial charge in [0, 0.05) is 18.1 Å². The quantitative estimate of drug-likeness (QED) is 0.866. The predicted molar refractivity (Wildman–Crippen MR) is 73.5 cm³/mol. The molecule has 2 N–H and O–H groups in total. The Bertz CT molecular complexity index is 513. The van der Waals surface area contributed by atoms with Crippen LogP contribution in [0.25, 0.3) is 0 Å². The fourth-order valence-electron chi connectivity index (χ4n) is 1.90. The van der Waals surface area contributed by atoms with Gasteiger partial charge in [-0.1, -0.05) is 24.3 Å². The molecule has 1 aromatic heterocycles. The fraction of sp³-hybridized carbons (Fsp3) is 0.267. The summed E-state index contributed by atoms with van der Waals surface area (Å²) in [5, 5.41) is 13.1. The van der Waals surface area contributed by atoms with Gasteiger partial charge >= 0.3 is 0 Å². The zero-order valence-electron chi connectivity index (χ0n) is 10.7. The van der Waals surface area contributed by atoms with Gasteiger partial charge < -0.3 is 10.4 Å². The van der Waals surface area contributed by atoms with Gasteiger partial charge in [-0.2, -0.15) is 0 Å². The third kappa shape index (κ3) is 2.51. The lowest BCUT2D eigenvalue weighted by atomic mass is 9.93. The van der Waals surface area contributed by atoms with Crippen LogP contribution in [0.3, 0.4) is 0 Å². The number of aliphatic hydroxyl groups is 1. The molecule has 3 heteroatoms. The number of hydrogen-bond donors (Lipinski definition) is 2. The topological polar surface area (TPSA) is 45.1 Å². The molecule has 0 aliphatic heterocycles. The second-order valence-electron chi connectivity index (χ2n) is 4.67. The lowest BCUT2D eigenvalue weighted by Gasteiger charge is -2.31. The van der Waals surface area contributed by atoms with E-state index in [1.165, 1.54) is 0 Å². The van der Waals surface area contributed by atoms with Crippen LogP contribution in [0.2, 0.25) is 0 Å². The van der Waals surface area contributed by atoms with Crippen molar-refractivity contribution in [3.8, 4) is 0 Å². The van der Waals surface area contributed by atoms with E-state index >= 15 is 0 Å². The summed E-state index contributed by atoms with van der Waals surface area (Å²) in [5.74, 6) is 0. The minimum atomic E-state index is -0.527. The normalized spacial score (nSPS) is 13.9. The van der Waals surface area contributed by atoms with Crippen molar-refractivity contribution in [3.05, 3.63) is 59.9 Å². The van der Waals surface area contributed by atoms with Gasteiger partial charge in [-0.25, -0.2) is 0 Å². The number of aryl methyl sites for hydroxylation is 1. The van der Waals surface area contributed by atoms with Crippen LogP contribution in [0.15, 0.2) is 48.8 Å². The number of nitrogens with one attached hydrogen (secondary N) is 1. The Balaban J connectivity index is 2.32. The average Bonchev–Trinajstić information content (AvgIpc) is 2.42. The van der Waals surface area contributed by atoms with Crippen molar-refractivity contribution >= 4 is 5.69 Å². The number of benzene rings is 1. The second kappa shape index (κ2) is 5.19. The fourth-order valence-corrected chi connectivity index (χ4v) is 1.90. The highest BCUT2D eigenvalue weighted by Gasteiger charge is 2.26. The van der Waals surface area contributed by atoms with Crippen molar-refractivity contribution < 1.29 is 5.11 Å². The van der Waals surface area contributed by atoms with E-state index < -0.39 is 5.54 Å². The summed E-state index contributed by atoms with van der Waals surface area (Å²) < 4.78 is 0. The van der Waals surface area contributed by atoms with Crippen LogP contribution < -0.4 is 5.32 Å². The van der Waals surface area contributed by atoms with E-state index in [4.69, 9.17) is 0 Å². The summed E-state index contributed by atoms with van der Waals surface area (Å²) in [6, 6.07) is 11.9. The van der Waals surface area contributed by atoms with Crippen LogP contribution in [0.4, 0.5) is 5.69 Å². The van der Waals surface area contributed by atoms with Gasteiger partial charge in [0.2, 0.25) is 0 Å². The number of aliphatic hydroxyl groups excluding tert-OH is 1. The number of nitrogens with zero attached hydrogens (tertiary/aromatic N) is 1. The molecule has 0 aliphatic carbocycles. The van der Waals surface area contributed by atoms with E-state index in [1.54, 1.807) is 12.4 Å². The molecule has 0 aliphatic rings. The Morgan fingerprint density at radius 1 is 1.22 bits per heavy atom. The molecule has 0 fully saturated rings. The maximum absolute atomic E-state index is 9.70. The minimum absolute atomic E-state index is 0.00697. The first-order valence-electron chi connectivity index (χ1n) is 6.01. The zero-order chi connectivity index (χ0) is 13.0. The van der Waals surface area contributed by atoms with Crippen LogP contribution in [0, 0.1) is 6.92 Å². The lowest BCUT2D eigenvalue weighted by Crippen LogP contribution is -2.36. The summed E-state index contributed by atoms with van der Waals surface area (Å²) in [6.45, 7) is 4.02. The van der Waals surface area contributed by atoms with Gasteiger partial charge in [0.25, 0.3) is 0 Å². The van der Waals surface area contributed by atoms with E-state index in [2.05, 4.69) is 10.3 Å². The number of pyridine rings is 1. The van der Waals surface area contributed by atoms with Gasteiger partial charge in [-0.15, -0.1) is 0 Å². The molecule has 3 nitrogen and oxygen atoms in total. The summed E-state index contributed by atoms with van der Waals surface area (Å²) in [6.07, 6.45) is 3.51. The number of hydrogen-bond acceptors (Lipinski definition) is 3. The highest BCUT2D eigenvalue weighted by Crippen LogP contribution is 2.26. The third-order valence-electron chi connectivity index (χ3n) is 3.17. The van der Waals surface area contributed by atoms with Crippen molar-refractivity contribution in [2.75, 3.05) is 11.9 Å². The molecule has 0 saturated carbocycles. The van der Waals surface area contributed by atoms with Gasteiger partial charge in [0.05, 0.1) is 12.1 Å². The lowest BCUT2D eigenvalue weighted by molar-refractivity contribution is 0.223. The Labute approximate surface area is 108 Å². The Morgan fingerprint density at radius 2 is 2.00 bits per heavy atom. The molecule has 1 unspecified atom stereocenters. The van der Waals surface area contributed by atoms with Crippen LogP contribution in [-0.2, 0) is 5.54 Å². The van der Waals surface area contributed by atoms with E-state index in [0.29, 0.717) is 0 Å². The number of para-hydroxylation sites is 1. The Morgan fingerprint density at radius 3 is 2.61 bits per heavy atom. The van der Waals surface area contributed by atoms with Crippen molar-refractivity contribution in [2.45, 2.75) is 19.4 Å². The molecular formula is C15H18N2O. The molecule has 0 saturated heterocycles. The van der Waals surface area contributed by atoms with E-state index in [0.717, 1.165) is 16.8 Å². The molecular weight excluding hydrogens is 224 g/mol. The van der Waals surface area contributed by atoms with Crippen molar-refractivity contribution in [2.24, 2.45) is 0 Å². The summed E-state index contributed by atoms with van der Waals surface area (Å²) in [4.78, 5) is 4.11. The van der Waals surface area contributed by atoms with Crippen molar-refractivity contribution in [1.29, 1.82) is 0 Å². The second-order valence-corrected chi connectivity index (χ2v) is 4.67.